The number of carbonyl (C=O) groups is 1. The summed E-state index contributed by atoms with van der Waals surface area (Å²) in [5.41, 5.74) is 0.589. The molecule has 0 bridgehead atoms. The van der Waals surface area contributed by atoms with Crippen LogP contribution in [-0.4, -0.2) is 17.0 Å². The van der Waals surface area contributed by atoms with Gasteiger partial charge in [0, 0.05) is 11.7 Å². The number of hydrogen-bond donors (Lipinski definition) is 1. The first-order chi connectivity index (χ1) is 10.6. The normalized spacial score (nSPS) is 14.5. The van der Waals surface area contributed by atoms with Crippen LogP contribution in [0.25, 0.3) is 0 Å². The molecule has 2 aromatic rings. The minimum absolute atomic E-state index is 0.176. The van der Waals surface area contributed by atoms with Gasteiger partial charge in [0.05, 0.1) is 6.54 Å². The van der Waals surface area contributed by atoms with Gasteiger partial charge in [0.25, 0.3) is 0 Å². The van der Waals surface area contributed by atoms with Crippen LogP contribution in [0.1, 0.15) is 30.8 Å². The molecule has 1 aromatic heterocycles. The van der Waals surface area contributed by atoms with Crippen molar-refractivity contribution < 1.29 is 13.6 Å². The lowest BCUT2D eigenvalue weighted by atomic mass is 9.91. The van der Waals surface area contributed by atoms with Crippen LogP contribution < -0.4 is 5.32 Å². The van der Waals surface area contributed by atoms with E-state index in [2.05, 4.69) is 5.32 Å². The quantitative estimate of drug-likeness (QED) is 0.914. The van der Waals surface area contributed by atoms with Crippen molar-refractivity contribution in [2.45, 2.75) is 38.8 Å². The SMILES string of the molecule is Cc1ccc(CN(C(=O)Nc2ccc(F)cc2)C2CCC2)o1. The van der Waals surface area contributed by atoms with Crippen molar-refractivity contribution in [3.8, 4) is 0 Å². The van der Waals surface area contributed by atoms with Crippen molar-refractivity contribution >= 4 is 11.7 Å². The van der Waals surface area contributed by atoms with Gasteiger partial charge in [-0.05, 0) is 62.6 Å². The molecule has 0 radical (unpaired) electrons. The zero-order chi connectivity index (χ0) is 15.5. The number of urea groups is 1. The highest BCUT2D eigenvalue weighted by Gasteiger charge is 2.29. The van der Waals surface area contributed by atoms with Gasteiger partial charge < -0.3 is 14.6 Å². The van der Waals surface area contributed by atoms with E-state index in [1.165, 1.54) is 12.1 Å². The molecule has 0 unspecified atom stereocenters. The largest absolute Gasteiger partial charge is 0.464 e. The van der Waals surface area contributed by atoms with E-state index < -0.39 is 0 Å². The molecule has 0 atom stereocenters. The van der Waals surface area contributed by atoms with Gasteiger partial charge in [0.15, 0.2) is 0 Å². The first-order valence-corrected chi connectivity index (χ1v) is 7.50. The summed E-state index contributed by atoms with van der Waals surface area (Å²) >= 11 is 0. The maximum absolute atomic E-state index is 12.9. The summed E-state index contributed by atoms with van der Waals surface area (Å²) in [6.45, 7) is 2.33. The second kappa shape index (κ2) is 6.22. The summed E-state index contributed by atoms with van der Waals surface area (Å²) in [4.78, 5) is 14.3. The number of anilines is 1. The molecule has 22 heavy (non-hydrogen) atoms. The van der Waals surface area contributed by atoms with Gasteiger partial charge in [0.1, 0.15) is 17.3 Å². The van der Waals surface area contributed by atoms with Crippen molar-refractivity contribution in [1.29, 1.82) is 0 Å². The number of benzene rings is 1. The van der Waals surface area contributed by atoms with Gasteiger partial charge in [-0.25, -0.2) is 9.18 Å². The lowest BCUT2D eigenvalue weighted by Gasteiger charge is -2.37. The van der Waals surface area contributed by atoms with E-state index >= 15 is 0 Å². The van der Waals surface area contributed by atoms with Gasteiger partial charge in [-0.3, -0.25) is 0 Å². The summed E-state index contributed by atoms with van der Waals surface area (Å²) < 4.78 is 18.5. The van der Waals surface area contributed by atoms with Crippen LogP contribution in [-0.2, 0) is 6.54 Å². The highest BCUT2D eigenvalue weighted by Crippen LogP contribution is 2.27. The van der Waals surface area contributed by atoms with E-state index in [1.54, 1.807) is 17.0 Å². The average Bonchev–Trinajstić information content (AvgIpc) is 2.84. The number of amides is 2. The molecule has 116 valence electrons. The Kier molecular flexibility index (Phi) is 4.13. The number of aryl methyl sites for hydroxylation is 1. The molecule has 0 saturated heterocycles. The predicted octanol–water partition coefficient (Wildman–Crippen LogP) is 4.31. The minimum atomic E-state index is -0.320. The van der Waals surface area contributed by atoms with Crippen LogP contribution in [0.15, 0.2) is 40.8 Å². The van der Waals surface area contributed by atoms with Gasteiger partial charge in [-0.1, -0.05) is 0 Å². The Labute approximate surface area is 128 Å². The van der Waals surface area contributed by atoms with Crippen LogP contribution in [0.4, 0.5) is 14.9 Å². The van der Waals surface area contributed by atoms with Crippen molar-refractivity contribution in [3.05, 3.63) is 53.7 Å². The van der Waals surface area contributed by atoms with E-state index in [9.17, 15) is 9.18 Å². The minimum Gasteiger partial charge on any atom is -0.464 e. The maximum atomic E-state index is 12.9. The molecule has 0 spiro atoms. The van der Waals surface area contributed by atoms with Crippen LogP contribution in [0.2, 0.25) is 0 Å². The zero-order valence-electron chi connectivity index (χ0n) is 12.5. The Hall–Kier alpha value is -2.30. The second-order valence-corrected chi connectivity index (χ2v) is 5.66. The molecule has 3 rings (SSSR count). The third kappa shape index (κ3) is 3.30. The predicted molar refractivity (Wildman–Crippen MR) is 82.0 cm³/mol. The third-order valence-corrected chi connectivity index (χ3v) is 3.99. The Morgan fingerprint density at radius 2 is 2.00 bits per heavy atom. The first kappa shape index (κ1) is 14.6. The molecule has 1 aliphatic carbocycles. The fraction of sp³-hybridized carbons (Fsp3) is 0.353. The van der Waals surface area contributed by atoms with Crippen LogP contribution >= 0.6 is 0 Å². The fourth-order valence-electron chi connectivity index (χ4n) is 2.53. The smallest absolute Gasteiger partial charge is 0.322 e. The number of carbonyl (C=O) groups excluding carboxylic acids is 1. The Bertz CT molecular complexity index is 647. The number of nitrogens with one attached hydrogen (secondary N) is 1. The summed E-state index contributed by atoms with van der Waals surface area (Å²) in [6.07, 6.45) is 3.16. The zero-order valence-corrected chi connectivity index (χ0v) is 12.5. The molecule has 1 N–H and O–H groups in total. The number of hydrogen-bond acceptors (Lipinski definition) is 2. The van der Waals surface area contributed by atoms with Crippen LogP contribution in [0.5, 0.6) is 0 Å². The van der Waals surface area contributed by atoms with Gasteiger partial charge in [-0.2, -0.15) is 0 Å². The molecule has 1 saturated carbocycles. The number of rotatable bonds is 4. The van der Waals surface area contributed by atoms with Crippen molar-refractivity contribution in [1.82, 2.24) is 4.90 Å². The molecular weight excluding hydrogens is 283 g/mol. The molecule has 5 heteroatoms. The summed E-state index contributed by atoms with van der Waals surface area (Å²) in [5.74, 6) is 1.29. The number of nitrogens with zero attached hydrogens (tertiary/aromatic N) is 1. The molecule has 4 nitrogen and oxygen atoms in total. The van der Waals surface area contributed by atoms with Gasteiger partial charge in [-0.15, -0.1) is 0 Å². The summed E-state index contributed by atoms with van der Waals surface area (Å²) in [6, 6.07) is 9.64. The average molecular weight is 302 g/mol. The summed E-state index contributed by atoms with van der Waals surface area (Å²) in [5, 5.41) is 2.82. The Morgan fingerprint density at radius 3 is 2.55 bits per heavy atom. The van der Waals surface area contributed by atoms with Crippen molar-refractivity contribution in [2.24, 2.45) is 0 Å². The second-order valence-electron chi connectivity index (χ2n) is 5.66. The van der Waals surface area contributed by atoms with E-state index in [4.69, 9.17) is 4.42 Å². The molecule has 1 heterocycles. The van der Waals surface area contributed by atoms with E-state index in [-0.39, 0.29) is 17.9 Å². The maximum Gasteiger partial charge on any atom is 0.322 e. The number of halogens is 1. The van der Waals surface area contributed by atoms with E-state index in [0.29, 0.717) is 12.2 Å². The van der Waals surface area contributed by atoms with Gasteiger partial charge >= 0.3 is 6.03 Å². The molecule has 1 fully saturated rings. The molecule has 1 aromatic carbocycles. The van der Waals surface area contributed by atoms with Gasteiger partial charge in [0.2, 0.25) is 0 Å². The third-order valence-electron chi connectivity index (χ3n) is 3.99. The van der Waals surface area contributed by atoms with E-state index in [0.717, 1.165) is 30.8 Å². The van der Waals surface area contributed by atoms with Crippen molar-refractivity contribution in [3.63, 3.8) is 0 Å². The Morgan fingerprint density at radius 1 is 1.27 bits per heavy atom. The first-order valence-electron chi connectivity index (χ1n) is 7.50. The van der Waals surface area contributed by atoms with E-state index in [1.807, 2.05) is 19.1 Å². The highest BCUT2D eigenvalue weighted by molar-refractivity contribution is 5.89. The molecule has 2 amide bonds. The fourth-order valence-corrected chi connectivity index (χ4v) is 2.53. The molecular formula is C17H19FN2O2. The lowest BCUT2D eigenvalue weighted by molar-refractivity contribution is 0.137. The monoisotopic (exact) mass is 302 g/mol. The standard InChI is InChI=1S/C17H19FN2O2/c1-12-5-10-16(22-12)11-20(15-3-2-4-15)17(21)19-14-8-6-13(18)7-9-14/h5-10,15H,2-4,11H2,1H3,(H,19,21). The topological polar surface area (TPSA) is 45.5 Å². The highest BCUT2D eigenvalue weighted by atomic mass is 19.1. The lowest BCUT2D eigenvalue weighted by Crippen LogP contribution is -2.45. The molecule has 0 aliphatic heterocycles. The van der Waals surface area contributed by atoms with Crippen molar-refractivity contribution in [2.75, 3.05) is 5.32 Å². The Balaban J connectivity index is 1.70. The van der Waals surface area contributed by atoms with Crippen LogP contribution in [0, 0.1) is 12.7 Å². The molecule has 1 aliphatic rings. The van der Waals surface area contributed by atoms with Crippen LogP contribution in [0.3, 0.4) is 0 Å². The summed E-state index contributed by atoms with van der Waals surface area (Å²) in [7, 11) is 0. The number of furan rings is 1.